The predicted molar refractivity (Wildman–Crippen MR) is 82.0 cm³/mol. The fourth-order valence-corrected chi connectivity index (χ4v) is 1.88. The predicted octanol–water partition coefficient (Wildman–Crippen LogP) is 3.65. The molecular weight excluding hydrogens is 268 g/mol. The van der Waals surface area contributed by atoms with Crippen LogP contribution in [-0.4, -0.2) is 17.1 Å². The van der Waals surface area contributed by atoms with E-state index in [1.165, 1.54) is 12.1 Å². The molecule has 0 heterocycles. The monoisotopic (exact) mass is 284 g/mol. The Morgan fingerprint density at radius 1 is 0.905 bits per heavy atom. The molecule has 0 spiro atoms. The van der Waals surface area contributed by atoms with E-state index in [2.05, 4.69) is 10.6 Å². The van der Waals surface area contributed by atoms with E-state index in [4.69, 9.17) is 5.11 Å². The van der Waals surface area contributed by atoms with E-state index in [0.717, 1.165) is 11.1 Å². The van der Waals surface area contributed by atoms with E-state index in [1.54, 1.807) is 19.1 Å². The van der Waals surface area contributed by atoms with Crippen molar-refractivity contribution in [2.24, 2.45) is 0 Å². The topological polar surface area (TPSA) is 78.4 Å². The smallest absolute Gasteiger partial charge is 0.335 e. The van der Waals surface area contributed by atoms with Crippen molar-refractivity contribution < 1.29 is 14.7 Å². The van der Waals surface area contributed by atoms with Crippen LogP contribution in [0.3, 0.4) is 0 Å². The van der Waals surface area contributed by atoms with Gasteiger partial charge in [0, 0.05) is 11.4 Å². The van der Waals surface area contributed by atoms with Gasteiger partial charge in [0.05, 0.1) is 5.56 Å². The summed E-state index contributed by atoms with van der Waals surface area (Å²) >= 11 is 0. The third-order valence-corrected chi connectivity index (χ3v) is 3.13. The van der Waals surface area contributed by atoms with E-state index < -0.39 is 12.0 Å². The zero-order chi connectivity index (χ0) is 15.4. The van der Waals surface area contributed by atoms with Gasteiger partial charge in [-0.3, -0.25) is 0 Å². The standard InChI is InChI=1S/C16H16N2O3/c1-10-5-3-4-6-13(10)17-16(21)18-14-9-12(15(19)20)8-7-11(14)2/h3-9H,1-2H3,(H,19,20)(H2,17,18,21). The highest BCUT2D eigenvalue weighted by Crippen LogP contribution is 2.18. The molecule has 2 rings (SSSR count). The van der Waals surface area contributed by atoms with Crippen LogP contribution in [0.2, 0.25) is 0 Å². The summed E-state index contributed by atoms with van der Waals surface area (Å²) in [5, 5.41) is 14.4. The molecule has 5 heteroatoms. The number of carbonyl (C=O) groups is 2. The van der Waals surface area contributed by atoms with E-state index >= 15 is 0 Å². The number of para-hydroxylation sites is 1. The van der Waals surface area contributed by atoms with Crippen molar-refractivity contribution in [3.05, 3.63) is 59.2 Å². The van der Waals surface area contributed by atoms with Gasteiger partial charge in [0.15, 0.2) is 0 Å². The minimum Gasteiger partial charge on any atom is -0.478 e. The molecule has 108 valence electrons. The number of carbonyl (C=O) groups excluding carboxylic acids is 1. The molecule has 0 aromatic heterocycles. The van der Waals surface area contributed by atoms with Gasteiger partial charge in [0.2, 0.25) is 0 Å². The van der Waals surface area contributed by atoms with Crippen LogP contribution in [0.25, 0.3) is 0 Å². The number of hydrogen-bond donors (Lipinski definition) is 3. The summed E-state index contributed by atoms with van der Waals surface area (Å²) in [6.45, 7) is 3.70. The van der Waals surface area contributed by atoms with Gasteiger partial charge in [-0.05, 0) is 43.2 Å². The van der Waals surface area contributed by atoms with Gasteiger partial charge < -0.3 is 15.7 Å². The lowest BCUT2D eigenvalue weighted by Gasteiger charge is -2.12. The second-order valence-electron chi connectivity index (χ2n) is 4.73. The Morgan fingerprint density at radius 3 is 2.19 bits per heavy atom. The Balaban J connectivity index is 2.15. The number of benzene rings is 2. The third-order valence-electron chi connectivity index (χ3n) is 3.13. The highest BCUT2D eigenvalue weighted by Gasteiger charge is 2.09. The number of anilines is 2. The third kappa shape index (κ3) is 3.60. The van der Waals surface area contributed by atoms with Crippen molar-refractivity contribution in [2.45, 2.75) is 13.8 Å². The van der Waals surface area contributed by atoms with E-state index in [-0.39, 0.29) is 5.56 Å². The highest BCUT2D eigenvalue weighted by molar-refractivity contribution is 6.01. The number of hydrogen-bond acceptors (Lipinski definition) is 2. The van der Waals surface area contributed by atoms with Gasteiger partial charge in [-0.25, -0.2) is 9.59 Å². The summed E-state index contributed by atoms with van der Waals surface area (Å²) < 4.78 is 0. The van der Waals surface area contributed by atoms with Gasteiger partial charge in [-0.15, -0.1) is 0 Å². The molecule has 0 fully saturated rings. The minimum absolute atomic E-state index is 0.131. The van der Waals surface area contributed by atoms with Crippen molar-refractivity contribution in [3.8, 4) is 0 Å². The summed E-state index contributed by atoms with van der Waals surface area (Å²) in [5.74, 6) is -1.03. The van der Waals surface area contributed by atoms with Crippen LogP contribution in [-0.2, 0) is 0 Å². The Hall–Kier alpha value is -2.82. The first kappa shape index (κ1) is 14.6. The molecule has 2 amide bonds. The minimum atomic E-state index is -1.03. The van der Waals surface area contributed by atoms with Crippen LogP contribution in [0.4, 0.5) is 16.2 Å². The van der Waals surface area contributed by atoms with E-state index in [0.29, 0.717) is 11.4 Å². The summed E-state index contributed by atoms with van der Waals surface area (Å²) in [6, 6.07) is 11.6. The van der Waals surface area contributed by atoms with Crippen molar-refractivity contribution in [3.63, 3.8) is 0 Å². The van der Waals surface area contributed by atoms with Crippen LogP contribution in [0.15, 0.2) is 42.5 Å². The van der Waals surface area contributed by atoms with E-state index in [9.17, 15) is 9.59 Å². The Kier molecular flexibility index (Phi) is 4.23. The average Bonchev–Trinajstić information content (AvgIpc) is 2.43. The summed E-state index contributed by atoms with van der Waals surface area (Å²) in [6.07, 6.45) is 0. The molecule has 3 N–H and O–H groups in total. The lowest BCUT2D eigenvalue weighted by atomic mass is 10.1. The molecule has 21 heavy (non-hydrogen) atoms. The quantitative estimate of drug-likeness (QED) is 0.805. The van der Waals surface area contributed by atoms with Gasteiger partial charge in [-0.1, -0.05) is 24.3 Å². The van der Waals surface area contributed by atoms with Crippen molar-refractivity contribution in [1.29, 1.82) is 0 Å². The van der Waals surface area contributed by atoms with E-state index in [1.807, 2.05) is 25.1 Å². The number of carboxylic acids is 1. The maximum absolute atomic E-state index is 12.0. The van der Waals surface area contributed by atoms with Crippen LogP contribution in [0.1, 0.15) is 21.5 Å². The Bertz CT molecular complexity index is 696. The van der Waals surface area contributed by atoms with Gasteiger partial charge in [0.25, 0.3) is 0 Å². The zero-order valence-electron chi connectivity index (χ0n) is 11.8. The molecule has 5 nitrogen and oxygen atoms in total. The second kappa shape index (κ2) is 6.09. The Morgan fingerprint density at radius 2 is 1.52 bits per heavy atom. The fourth-order valence-electron chi connectivity index (χ4n) is 1.88. The second-order valence-corrected chi connectivity index (χ2v) is 4.73. The van der Waals surface area contributed by atoms with Crippen molar-refractivity contribution in [2.75, 3.05) is 10.6 Å². The van der Waals surface area contributed by atoms with Gasteiger partial charge in [0.1, 0.15) is 0 Å². The average molecular weight is 284 g/mol. The summed E-state index contributed by atoms with van der Waals surface area (Å²) in [4.78, 5) is 23.0. The first-order chi connectivity index (χ1) is 9.97. The lowest BCUT2D eigenvalue weighted by Crippen LogP contribution is -2.20. The molecule has 0 saturated carbocycles. The molecule has 2 aromatic carbocycles. The number of aromatic carboxylic acids is 1. The molecule has 0 atom stereocenters. The molecule has 0 radical (unpaired) electrons. The Labute approximate surface area is 122 Å². The lowest BCUT2D eigenvalue weighted by molar-refractivity contribution is 0.0697. The number of nitrogens with one attached hydrogen (secondary N) is 2. The maximum Gasteiger partial charge on any atom is 0.335 e. The molecule has 0 saturated heterocycles. The first-order valence-corrected chi connectivity index (χ1v) is 6.45. The van der Waals surface area contributed by atoms with Crippen LogP contribution < -0.4 is 10.6 Å². The fraction of sp³-hybridized carbons (Fsp3) is 0.125. The molecule has 0 aliphatic rings. The molecular formula is C16H16N2O3. The number of amides is 2. The van der Waals surface area contributed by atoms with Crippen LogP contribution in [0, 0.1) is 13.8 Å². The zero-order valence-corrected chi connectivity index (χ0v) is 11.8. The highest BCUT2D eigenvalue weighted by atomic mass is 16.4. The number of aryl methyl sites for hydroxylation is 2. The largest absolute Gasteiger partial charge is 0.478 e. The normalized spacial score (nSPS) is 10.0. The van der Waals surface area contributed by atoms with Crippen LogP contribution >= 0.6 is 0 Å². The van der Waals surface area contributed by atoms with Crippen molar-refractivity contribution >= 4 is 23.4 Å². The molecule has 0 bridgehead atoms. The first-order valence-electron chi connectivity index (χ1n) is 6.45. The maximum atomic E-state index is 12.0. The molecule has 2 aromatic rings. The SMILES string of the molecule is Cc1ccccc1NC(=O)Nc1cc(C(=O)O)ccc1C. The molecule has 0 aliphatic heterocycles. The summed E-state index contributed by atoms with van der Waals surface area (Å²) in [5.41, 5.74) is 3.05. The van der Waals surface area contributed by atoms with Crippen molar-refractivity contribution in [1.82, 2.24) is 0 Å². The molecule has 0 unspecified atom stereocenters. The number of rotatable bonds is 3. The number of carboxylic acid groups (broad SMARTS) is 1. The molecule has 0 aliphatic carbocycles. The number of urea groups is 1. The van der Waals surface area contributed by atoms with Gasteiger partial charge in [-0.2, -0.15) is 0 Å². The van der Waals surface area contributed by atoms with Gasteiger partial charge >= 0.3 is 12.0 Å². The summed E-state index contributed by atoms with van der Waals surface area (Å²) in [7, 11) is 0. The van der Waals surface area contributed by atoms with Crippen LogP contribution in [0.5, 0.6) is 0 Å².